The van der Waals surface area contributed by atoms with Crippen LogP contribution in [0.3, 0.4) is 0 Å². The summed E-state index contributed by atoms with van der Waals surface area (Å²) in [7, 11) is -3.71. The molecule has 1 saturated carbocycles. The molecule has 1 aromatic carbocycles. The monoisotopic (exact) mass is 323 g/mol. The van der Waals surface area contributed by atoms with Gasteiger partial charge in [0.2, 0.25) is 10.0 Å². The molecular formula is C12H15Cl2NO3S. The van der Waals surface area contributed by atoms with Gasteiger partial charge in [-0.05, 0) is 31.0 Å². The Kier molecular flexibility index (Phi) is 4.42. The fourth-order valence-corrected chi connectivity index (χ4v) is 4.17. The van der Waals surface area contributed by atoms with Crippen LogP contribution in [0.1, 0.15) is 25.7 Å². The van der Waals surface area contributed by atoms with Crippen molar-refractivity contribution in [2.45, 2.75) is 36.1 Å². The summed E-state index contributed by atoms with van der Waals surface area (Å²) < 4.78 is 27.2. The molecule has 2 N–H and O–H groups in total. The molecule has 0 saturated heterocycles. The first kappa shape index (κ1) is 15.1. The summed E-state index contributed by atoms with van der Waals surface area (Å²) in [6.45, 7) is -0.201. The Hall–Kier alpha value is -0.330. The highest BCUT2D eigenvalue weighted by Crippen LogP contribution is 2.32. The minimum Gasteiger partial charge on any atom is -0.394 e. The number of aliphatic hydroxyl groups is 1. The van der Waals surface area contributed by atoms with Crippen molar-refractivity contribution in [3.8, 4) is 0 Å². The van der Waals surface area contributed by atoms with Crippen LogP contribution in [-0.2, 0) is 10.0 Å². The number of halogens is 2. The summed E-state index contributed by atoms with van der Waals surface area (Å²) in [5, 5.41) is 9.94. The predicted molar refractivity (Wildman–Crippen MR) is 75.1 cm³/mol. The van der Waals surface area contributed by atoms with Crippen LogP contribution in [0.5, 0.6) is 0 Å². The van der Waals surface area contributed by atoms with Crippen molar-refractivity contribution in [2.24, 2.45) is 0 Å². The first-order chi connectivity index (χ1) is 8.88. The molecule has 4 nitrogen and oxygen atoms in total. The molecule has 0 aromatic heterocycles. The minimum atomic E-state index is -3.71. The first-order valence-corrected chi connectivity index (χ1v) is 8.22. The highest BCUT2D eigenvalue weighted by Gasteiger charge is 2.37. The largest absolute Gasteiger partial charge is 0.394 e. The summed E-state index contributed by atoms with van der Waals surface area (Å²) in [6.07, 6.45) is 3.10. The van der Waals surface area contributed by atoms with Gasteiger partial charge in [0.15, 0.2) is 0 Å². The van der Waals surface area contributed by atoms with Crippen molar-refractivity contribution in [1.29, 1.82) is 0 Å². The molecule has 1 fully saturated rings. The summed E-state index contributed by atoms with van der Waals surface area (Å²) >= 11 is 11.6. The van der Waals surface area contributed by atoms with Crippen molar-refractivity contribution in [2.75, 3.05) is 6.61 Å². The minimum absolute atomic E-state index is 0.0571. The van der Waals surface area contributed by atoms with Crippen LogP contribution in [0.15, 0.2) is 23.1 Å². The molecule has 0 bridgehead atoms. The van der Waals surface area contributed by atoms with Crippen LogP contribution in [0, 0.1) is 0 Å². The Morgan fingerprint density at radius 3 is 2.37 bits per heavy atom. The number of rotatable bonds is 4. The van der Waals surface area contributed by atoms with E-state index in [0.29, 0.717) is 17.9 Å². The second kappa shape index (κ2) is 5.58. The SMILES string of the molecule is O=S(=O)(NC1(CO)CCCC1)c1ccc(Cl)c(Cl)c1. The highest BCUT2D eigenvalue weighted by molar-refractivity contribution is 7.89. The predicted octanol–water partition coefficient (Wildman–Crippen LogP) is 2.58. The third-order valence-electron chi connectivity index (χ3n) is 3.42. The molecule has 0 spiro atoms. The lowest BCUT2D eigenvalue weighted by atomic mass is 10.0. The molecule has 0 atom stereocenters. The average Bonchev–Trinajstić information content (AvgIpc) is 2.81. The van der Waals surface area contributed by atoms with Crippen LogP contribution in [-0.4, -0.2) is 25.7 Å². The Labute approximate surface area is 122 Å². The van der Waals surface area contributed by atoms with E-state index >= 15 is 0 Å². The lowest BCUT2D eigenvalue weighted by molar-refractivity contribution is 0.185. The van der Waals surface area contributed by atoms with E-state index < -0.39 is 15.6 Å². The lowest BCUT2D eigenvalue weighted by Gasteiger charge is -2.27. The highest BCUT2D eigenvalue weighted by atomic mass is 35.5. The van der Waals surface area contributed by atoms with Crippen LogP contribution < -0.4 is 4.72 Å². The van der Waals surface area contributed by atoms with E-state index in [-0.39, 0.29) is 16.5 Å². The fraction of sp³-hybridized carbons (Fsp3) is 0.500. The molecule has 2 rings (SSSR count). The molecule has 0 amide bonds. The molecular weight excluding hydrogens is 309 g/mol. The van der Waals surface area contributed by atoms with Crippen molar-refractivity contribution >= 4 is 33.2 Å². The van der Waals surface area contributed by atoms with E-state index in [0.717, 1.165) is 12.8 Å². The summed E-state index contributed by atoms with van der Waals surface area (Å²) in [5.41, 5.74) is -0.745. The number of benzene rings is 1. The maximum absolute atomic E-state index is 12.3. The van der Waals surface area contributed by atoms with Gasteiger partial charge in [-0.25, -0.2) is 13.1 Å². The van der Waals surface area contributed by atoms with Crippen molar-refractivity contribution < 1.29 is 13.5 Å². The second-order valence-electron chi connectivity index (χ2n) is 4.83. The zero-order valence-corrected chi connectivity index (χ0v) is 12.5. The first-order valence-electron chi connectivity index (χ1n) is 5.98. The van der Waals surface area contributed by atoms with Crippen LogP contribution >= 0.6 is 23.2 Å². The lowest BCUT2D eigenvalue weighted by Crippen LogP contribution is -2.49. The van der Waals surface area contributed by atoms with Gasteiger partial charge in [0.25, 0.3) is 0 Å². The molecule has 1 aliphatic rings. The van der Waals surface area contributed by atoms with E-state index in [1.54, 1.807) is 0 Å². The van der Waals surface area contributed by atoms with Gasteiger partial charge < -0.3 is 5.11 Å². The van der Waals surface area contributed by atoms with Gasteiger partial charge in [-0.1, -0.05) is 36.0 Å². The van der Waals surface area contributed by atoms with Crippen molar-refractivity contribution in [3.05, 3.63) is 28.2 Å². The van der Waals surface area contributed by atoms with Crippen LogP contribution in [0.4, 0.5) is 0 Å². The van der Waals surface area contributed by atoms with Gasteiger partial charge in [-0.3, -0.25) is 0 Å². The molecule has 19 heavy (non-hydrogen) atoms. The third kappa shape index (κ3) is 3.23. The second-order valence-corrected chi connectivity index (χ2v) is 7.32. The maximum Gasteiger partial charge on any atom is 0.241 e. The van der Waals surface area contributed by atoms with Gasteiger partial charge in [0, 0.05) is 0 Å². The third-order valence-corrected chi connectivity index (χ3v) is 5.73. The van der Waals surface area contributed by atoms with Crippen molar-refractivity contribution in [1.82, 2.24) is 4.72 Å². The molecule has 0 unspecified atom stereocenters. The van der Waals surface area contributed by atoms with Crippen LogP contribution in [0.2, 0.25) is 10.0 Å². The van der Waals surface area contributed by atoms with E-state index in [4.69, 9.17) is 23.2 Å². The summed E-state index contributed by atoms with van der Waals surface area (Å²) in [5.74, 6) is 0. The topological polar surface area (TPSA) is 66.4 Å². The summed E-state index contributed by atoms with van der Waals surface area (Å²) in [4.78, 5) is 0.0571. The van der Waals surface area contributed by atoms with Crippen LogP contribution in [0.25, 0.3) is 0 Å². The maximum atomic E-state index is 12.3. The Morgan fingerprint density at radius 2 is 1.84 bits per heavy atom. The van der Waals surface area contributed by atoms with E-state index in [1.807, 2.05) is 0 Å². The van der Waals surface area contributed by atoms with Crippen molar-refractivity contribution in [3.63, 3.8) is 0 Å². The Balaban J connectivity index is 2.29. The Bertz CT molecular complexity index is 568. The number of sulfonamides is 1. The average molecular weight is 324 g/mol. The molecule has 0 heterocycles. The molecule has 7 heteroatoms. The fourth-order valence-electron chi connectivity index (χ4n) is 2.33. The number of hydrogen-bond acceptors (Lipinski definition) is 3. The standard InChI is InChI=1S/C12H15Cl2NO3S/c13-10-4-3-9(7-11(10)14)19(17,18)15-12(8-16)5-1-2-6-12/h3-4,7,15-16H,1-2,5-6,8H2. The van der Waals surface area contributed by atoms with E-state index in [9.17, 15) is 13.5 Å². The molecule has 106 valence electrons. The normalized spacial score (nSPS) is 18.7. The zero-order valence-electron chi connectivity index (χ0n) is 10.2. The van der Waals surface area contributed by atoms with Gasteiger partial charge >= 0.3 is 0 Å². The smallest absolute Gasteiger partial charge is 0.241 e. The number of hydrogen-bond donors (Lipinski definition) is 2. The molecule has 1 aliphatic carbocycles. The number of nitrogens with one attached hydrogen (secondary N) is 1. The van der Waals surface area contributed by atoms with Gasteiger partial charge in [0.1, 0.15) is 0 Å². The summed E-state index contributed by atoms with van der Waals surface area (Å²) in [6, 6.07) is 4.15. The molecule has 0 radical (unpaired) electrons. The van der Waals surface area contributed by atoms with Gasteiger partial charge in [0.05, 0.1) is 27.1 Å². The molecule has 0 aliphatic heterocycles. The van der Waals surface area contributed by atoms with Gasteiger partial charge in [-0.15, -0.1) is 0 Å². The Morgan fingerprint density at radius 1 is 1.21 bits per heavy atom. The van der Waals surface area contributed by atoms with E-state index in [1.165, 1.54) is 18.2 Å². The van der Waals surface area contributed by atoms with E-state index in [2.05, 4.69) is 4.72 Å². The molecule has 1 aromatic rings. The number of aliphatic hydroxyl groups excluding tert-OH is 1. The zero-order chi connectivity index (χ0) is 14.1. The quantitative estimate of drug-likeness (QED) is 0.894. The van der Waals surface area contributed by atoms with Gasteiger partial charge in [-0.2, -0.15) is 0 Å².